The summed E-state index contributed by atoms with van der Waals surface area (Å²) >= 11 is 1.25. The van der Waals surface area contributed by atoms with Crippen LogP contribution < -0.4 is 9.47 Å². The summed E-state index contributed by atoms with van der Waals surface area (Å²) in [6.07, 6.45) is 3.62. The number of H-pyrrole nitrogens is 1. The topological polar surface area (TPSA) is 93.5 Å². The molecular weight excluding hydrogens is 392 g/mol. The zero-order valence-corrected chi connectivity index (χ0v) is 17.1. The van der Waals surface area contributed by atoms with E-state index in [1.54, 1.807) is 20.4 Å². The van der Waals surface area contributed by atoms with Crippen LogP contribution in [0, 0.1) is 0 Å². The number of rotatable bonds is 7. The molecule has 1 aliphatic heterocycles. The van der Waals surface area contributed by atoms with Crippen LogP contribution in [-0.2, 0) is 4.79 Å². The smallest absolute Gasteiger partial charge is 0.277 e. The van der Waals surface area contributed by atoms with Gasteiger partial charge < -0.3 is 23.8 Å². The molecule has 0 spiro atoms. The molecule has 1 aliphatic rings. The molecule has 2 aromatic heterocycles. The highest BCUT2D eigenvalue weighted by Gasteiger charge is 2.32. The van der Waals surface area contributed by atoms with Gasteiger partial charge in [-0.1, -0.05) is 11.8 Å². The van der Waals surface area contributed by atoms with Crippen LogP contribution in [-0.4, -0.2) is 52.5 Å². The molecule has 3 heterocycles. The van der Waals surface area contributed by atoms with Crippen LogP contribution in [0.3, 0.4) is 0 Å². The Labute approximate surface area is 172 Å². The fraction of sp³-hybridized carbons (Fsp3) is 0.350. The molecule has 0 aliphatic carbocycles. The maximum atomic E-state index is 12.9. The van der Waals surface area contributed by atoms with E-state index in [0.717, 1.165) is 35.6 Å². The third-order valence-corrected chi connectivity index (χ3v) is 5.73. The summed E-state index contributed by atoms with van der Waals surface area (Å²) in [5.41, 5.74) is 1.72. The van der Waals surface area contributed by atoms with Gasteiger partial charge in [0.2, 0.25) is 5.91 Å². The van der Waals surface area contributed by atoms with Gasteiger partial charge in [0.05, 0.1) is 26.0 Å². The lowest BCUT2D eigenvalue weighted by Gasteiger charge is -2.26. The maximum absolute atomic E-state index is 12.9. The molecule has 4 rings (SSSR count). The van der Waals surface area contributed by atoms with Gasteiger partial charge in [-0.15, -0.1) is 10.2 Å². The SMILES string of the molecule is COc1ccc(OC)c([C@@H]2CCCN2C(=O)CSc2nnc(-c3ccc[nH]3)o2)c1. The first-order valence-corrected chi connectivity index (χ1v) is 10.3. The number of ether oxygens (including phenoxy) is 2. The number of nitrogens with zero attached hydrogens (tertiary/aromatic N) is 3. The highest BCUT2D eigenvalue weighted by molar-refractivity contribution is 7.99. The first-order chi connectivity index (χ1) is 14.2. The molecule has 0 saturated carbocycles. The van der Waals surface area contributed by atoms with Crippen molar-refractivity contribution in [1.82, 2.24) is 20.1 Å². The standard InChI is InChI=1S/C20H22N4O4S/c1-26-13-7-8-17(27-2)14(11-13)16-6-4-10-24(16)18(25)12-29-20-23-22-19(28-20)15-5-3-9-21-15/h3,5,7-9,11,16,21H,4,6,10,12H2,1-2H3/t16-/m0/s1. The molecule has 152 valence electrons. The first-order valence-electron chi connectivity index (χ1n) is 9.31. The van der Waals surface area contributed by atoms with Gasteiger partial charge >= 0.3 is 0 Å². The van der Waals surface area contributed by atoms with E-state index in [-0.39, 0.29) is 17.7 Å². The number of hydrogen-bond donors (Lipinski definition) is 1. The molecule has 1 fully saturated rings. The second kappa shape index (κ2) is 8.60. The van der Waals surface area contributed by atoms with E-state index in [4.69, 9.17) is 13.9 Å². The van der Waals surface area contributed by atoms with Gasteiger partial charge in [-0.3, -0.25) is 4.79 Å². The molecule has 1 saturated heterocycles. The third-order valence-electron chi connectivity index (χ3n) is 4.92. The van der Waals surface area contributed by atoms with Crippen molar-refractivity contribution in [1.29, 1.82) is 0 Å². The second-order valence-corrected chi connectivity index (χ2v) is 7.53. The van der Waals surface area contributed by atoms with Crippen molar-refractivity contribution in [3.63, 3.8) is 0 Å². The van der Waals surface area contributed by atoms with Crippen LogP contribution in [0.5, 0.6) is 11.5 Å². The zero-order chi connectivity index (χ0) is 20.2. The predicted molar refractivity (Wildman–Crippen MR) is 108 cm³/mol. The van der Waals surface area contributed by atoms with Crippen LogP contribution in [0.15, 0.2) is 46.2 Å². The Morgan fingerprint density at radius 1 is 1.31 bits per heavy atom. The van der Waals surface area contributed by atoms with Crippen molar-refractivity contribution in [3.8, 4) is 23.1 Å². The summed E-state index contributed by atoms with van der Waals surface area (Å²) in [5, 5.41) is 8.40. The summed E-state index contributed by atoms with van der Waals surface area (Å²) in [6, 6.07) is 9.36. The zero-order valence-electron chi connectivity index (χ0n) is 16.3. The van der Waals surface area contributed by atoms with Gasteiger partial charge in [-0.05, 0) is 43.2 Å². The summed E-state index contributed by atoms with van der Waals surface area (Å²) < 4.78 is 16.5. The van der Waals surface area contributed by atoms with E-state index in [0.29, 0.717) is 17.7 Å². The van der Waals surface area contributed by atoms with Crippen LogP contribution >= 0.6 is 11.8 Å². The van der Waals surface area contributed by atoms with Gasteiger partial charge in [-0.25, -0.2) is 0 Å². The number of carbonyl (C=O) groups is 1. The molecule has 0 unspecified atom stereocenters. The first kappa shape index (κ1) is 19.4. The van der Waals surface area contributed by atoms with Crippen molar-refractivity contribution >= 4 is 17.7 Å². The minimum Gasteiger partial charge on any atom is -0.497 e. The average molecular weight is 414 g/mol. The van der Waals surface area contributed by atoms with Crippen LogP contribution in [0.4, 0.5) is 0 Å². The maximum Gasteiger partial charge on any atom is 0.277 e. The van der Waals surface area contributed by atoms with Crippen LogP contribution in [0.1, 0.15) is 24.4 Å². The largest absolute Gasteiger partial charge is 0.497 e. The van der Waals surface area contributed by atoms with E-state index in [9.17, 15) is 4.79 Å². The number of likely N-dealkylation sites (tertiary alicyclic amines) is 1. The Kier molecular flexibility index (Phi) is 5.75. The van der Waals surface area contributed by atoms with E-state index >= 15 is 0 Å². The molecule has 1 aromatic carbocycles. The van der Waals surface area contributed by atoms with E-state index in [1.807, 2.05) is 35.2 Å². The summed E-state index contributed by atoms with van der Waals surface area (Å²) in [7, 11) is 3.27. The number of aromatic nitrogens is 3. The Balaban J connectivity index is 1.44. The lowest BCUT2D eigenvalue weighted by atomic mass is 10.0. The number of benzene rings is 1. The summed E-state index contributed by atoms with van der Waals surface area (Å²) in [4.78, 5) is 17.8. The van der Waals surface area contributed by atoms with Gasteiger partial charge in [0.15, 0.2) is 0 Å². The third kappa shape index (κ3) is 4.09. The number of hydrogen-bond acceptors (Lipinski definition) is 7. The number of nitrogens with one attached hydrogen (secondary N) is 1. The molecule has 1 amide bonds. The number of thioether (sulfide) groups is 1. The van der Waals surface area contributed by atoms with Gasteiger partial charge in [-0.2, -0.15) is 0 Å². The van der Waals surface area contributed by atoms with Gasteiger partial charge in [0, 0.05) is 18.3 Å². The number of amides is 1. The Bertz CT molecular complexity index is 973. The van der Waals surface area contributed by atoms with Gasteiger partial charge in [0.25, 0.3) is 11.1 Å². The summed E-state index contributed by atoms with van der Waals surface area (Å²) in [6.45, 7) is 0.710. The number of aromatic amines is 1. The minimum atomic E-state index is -0.0367. The summed E-state index contributed by atoms with van der Waals surface area (Å²) in [5.74, 6) is 2.18. The van der Waals surface area contributed by atoms with Crippen LogP contribution in [0.25, 0.3) is 11.6 Å². The molecule has 8 nitrogen and oxygen atoms in total. The lowest BCUT2D eigenvalue weighted by molar-refractivity contribution is -0.129. The lowest BCUT2D eigenvalue weighted by Crippen LogP contribution is -2.32. The monoisotopic (exact) mass is 414 g/mol. The fourth-order valence-corrected chi connectivity index (χ4v) is 4.18. The second-order valence-electron chi connectivity index (χ2n) is 6.60. The van der Waals surface area contributed by atoms with E-state index < -0.39 is 0 Å². The van der Waals surface area contributed by atoms with Crippen LogP contribution in [0.2, 0.25) is 0 Å². The quantitative estimate of drug-likeness (QED) is 0.591. The molecule has 29 heavy (non-hydrogen) atoms. The van der Waals surface area contributed by atoms with Crippen molar-refractivity contribution in [3.05, 3.63) is 42.1 Å². The van der Waals surface area contributed by atoms with E-state index in [1.165, 1.54) is 11.8 Å². The normalized spacial score (nSPS) is 16.2. The average Bonchev–Trinajstić information content (AvgIpc) is 3.52. The molecular formula is C20H22N4O4S. The highest BCUT2D eigenvalue weighted by atomic mass is 32.2. The molecule has 9 heteroatoms. The molecule has 1 N–H and O–H groups in total. The Morgan fingerprint density at radius 3 is 2.97 bits per heavy atom. The van der Waals surface area contributed by atoms with Crippen molar-refractivity contribution in [2.24, 2.45) is 0 Å². The molecule has 0 radical (unpaired) electrons. The minimum absolute atomic E-state index is 0.0296. The predicted octanol–water partition coefficient (Wildman–Crippen LogP) is 3.54. The molecule has 3 aromatic rings. The van der Waals surface area contributed by atoms with Crippen molar-refractivity contribution < 1.29 is 18.7 Å². The van der Waals surface area contributed by atoms with Crippen molar-refractivity contribution in [2.45, 2.75) is 24.1 Å². The highest BCUT2D eigenvalue weighted by Crippen LogP contribution is 2.39. The Hall–Kier alpha value is -2.94. The molecule has 0 bridgehead atoms. The fourth-order valence-electron chi connectivity index (χ4n) is 3.54. The van der Waals surface area contributed by atoms with E-state index in [2.05, 4.69) is 15.2 Å². The number of methoxy groups -OCH3 is 2. The van der Waals surface area contributed by atoms with Crippen molar-refractivity contribution in [2.75, 3.05) is 26.5 Å². The number of carbonyl (C=O) groups excluding carboxylic acids is 1. The molecule has 1 atom stereocenters. The Morgan fingerprint density at radius 2 is 2.21 bits per heavy atom. The van der Waals surface area contributed by atoms with Gasteiger partial charge in [0.1, 0.15) is 17.2 Å².